The number of benzene rings is 1. The van der Waals surface area contributed by atoms with Gasteiger partial charge in [-0.3, -0.25) is 20.4 Å². The fourth-order valence-electron chi connectivity index (χ4n) is 1.63. The Morgan fingerprint density at radius 3 is 2.57 bits per heavy atom. The van der Waals surface area contributed by atoms with Gasteiger partial charge in [-0.1, -0.05) is 17.7 Å². The van der Waals surface area contributed by atoms with Crippen molar-refractivity contribution in [2.75, 3.05) is 12.0 Å². The van der Waals surface area contributed by atoms with Gasteiger partial charge in [-0.2, -0.15) is 0 Å². The molecule has 0 bridgehead atoms. The van der Waals surface area contributed by atoms with Gasteiger partial charge in [-0.15, -0.1) is 0 Å². The van der Waals surface area contributed by atoms with E-state index in [0.717, 1.165) is 11.3 Å². The molecule has 0 saturated heterocycles. The zero-order chi connectivity index (χ0) is 15.2. The zero-order valence-electron chi connectivity index (χ0n) is 11.8. The summed E-state index contributed by atoms with van der Waals surface area (Å²) in [5, 5.41) is 0. The number of amides is 1. The SMILES string of the molecule is Cc1ccc(NNC(=O)COc2c(C)occc2=O)cc1. The largest absolute Gasteiger partial charge is 0.476 e. The van der Waals surface area contributed by atoms with Gasteiger partial charge in [0.15, 0.2) is 6.61 Å². The lowest BCUT2D eigenvalue weighted by molar-refractivity contribution is -0.122. The van der Waals surface area contributed by atoms with Crippen molar-refractivity contribution in [1.29, 1.82) is 0 Å². The Hall–Kier alpha value is -2.76. The number of ether oxygens (including phenoxy) is 1. The van der Waals surface area contributed by atoms with Crippen LogP contribution in [-0.2, 0) is 4.79 Å². The summed E-state index contributed by atoms with van der Waals surface area (Å²) in [7, 11) is 0. The topological polar surface area (TPSA) is 80.6 Å². The highest BCUT2D eigenvalue weighted by Crippen LogP contribution is 2.10. The third-order valence-electron chi connectivity index (χ3n) is 2.75. The molecule has 2 N–H and O–H groups in total. The molecule has 0 radical (unpaired) electrons. The molecule has 0 aliphatic carbocycles. The molecule has 0 unspecified atom stereocenters. The van der Waals surface area contributed by atoms with Crippen molar-refractivity contribution in [3.8, 4) is 5.75 Å². The van der Waals surface area contributed by atoms with Crippen LogP contribution in [-0.4, -0.2) is 12.5 Å². The van der Waals surface area contributed by atoms with Crippen LogP contribution in [0.1, 0.15) is 11.3 Å². The molecule has 1 aromatic carbocycles. The van der Waals surface area contributed by atoms with Gasteiger partial charge >= 0.3 is 0 Å². The standard InChI is InChI=1S/C15H16N2O4/c1-10-3-5-12(6-4-10)16-17-14(19)9-21-15-11(2)20-8-7-13(15)18/h3-8,16H,9H2,1-2H3,(H,17,19). The number of hydrogen-bond acceptors (Lipinski definition) is 5. The number of aryl methyl sites for hydroxylation is 2. The van der Waals surface area contributed by atoms with Crippen LogP contribution in [0.5, 0.6) is 5.75 Å². The van der Waals surface area contributed by atoms with E-state index in [0.29, 0.717) is 5.76 Å². The van der Waals surface area contributed by atoms with Crippen molar-refractivity contribution in [3.63, 3.8) is 0 Å². The monoisotopic (exact) mass is 288 g/mol. The molecule has 0 atom stereocenters. The first kappa shape index (κ1) is 14.6. The normalized spacial score (nSPS) is 10.0. The molecule has 1 amide bonds. The number of nitrogens with one attached hydrogen (secondary N) is 2. The van der Waals surface area contributed by atoms with Gasteiger partial charge in [0, 0.05) is 6.07 Å². The third kappa shape index (κ3) is 4.10. The van der Waals surface area contributed by atoms with Gasteiger partial charge in [0.05, 0.1) is 12.0 Å². The average molecular weight is 288 g/mol. The fraction of sp³-hybridized carbons (Fsp3) is 0.200. The summed E-state index contributed by atoms with van der Waals surface area (Å²) in [5.41, 5.74) is 6.80. The van der Waals surface area contributed by atoms with Gasteiger partial charge in [0.1, 0.15) is 5.76 Å². The van der Waals surface area contributed by atoms with Crippen LogP contribution < -0.4 is 21.0 Å². The second-order valence-electron chi connectivity index (χ2n) is 4.50. The molecule has 0 aliphatic rings. The van der Waals surface area contributed by atoms with Crippen molar-refractivity contribution in [2.45, 2.75) is 13.8 Å². The minimum atomic E-state index is -0.404. The molecule has 21 heavy (non-hydrogen) atoms. The maximum Gasteiger partial charge on any atom is 0.276 e. The van der Waals surface area contributed by atoms with E-state index in [1.165, 1.54) is 12.3 Å². The third-order valence-corrected chi connectivity index (χ3v) is 2.75. The van der Waals surface area contributed by atoms with Crippen molar-refractivity contribution < 1.29 is 13.9 Å². The maximum absolute atomic E-state index is 11.6. The Morgan fingerprint density at radius 2 is 1.90 bits per heavy atom. The second-order valence-corrected chi connectivity index (χ2v) is 4.50. The highest BCUT2D eigenvalue weighted by atomic mass is 16.5. The summed E-state index contributed by atoms with van der Waals surface area (Å²) >= 11 is 0. The van der Waals surface area contributed by atoms with E-state index in [1.54, 1.807) is 6.92 Å². The molecule has 0 fully saturated rings. The van der Waals surface area contributed by atoms with E-state index in [2.05, 4.69) is 10.9 Å². The number of carbonyl (C=O) groups is 1. The minimum absolute atomic E-state index is 0.0444. The van der Waals surface area contributed by atoms with Crippen LogP contribution in [0.15, 0.2) is 45.8 Å². The molecule has 6 nitrogen and oxygen atoms in total. The fourth-order valence-corrected chi connectivity index (χ4v) is 1.63. The Kier molecular flexibility index (Phi) is 4.61. The van der Waals surface area contributed by atoms with Gasteiger partial charge in [-0.05, 0) is 26.0 Å². The second kappa shape index (κ2) is 6.60. The number of anilines is 1. The summed E-state index contributed by atoms with van der Waals surface area (Å²) in [4.78, 5) is 23.2. The van der Waals surface area contributed by atoms with Crippen molar-refractivity contribution >= 4 is 11.6 Å². The first-order valence-electron chi connectivity index (χ1n) is 6.39. The molecule has 6 heteroatoms. The van der Waals surface area contributed by atoms with Crippen LogP contribution in [0.3, 0.4) is 0 Å². The molecule has 0 aliphatic heterocycles. The van der Waals surface area contributed by atoms with Crippen LogP contribution in [0.4, 0.5) is 5.69 Å². The summed E-state index contributed by atoms with van der Waals surface area (Å²) in [6.07, 6.45) is 1.28. The Labute approximate surface area is 121 Å². The van der Waals surface area contributed by atoms with E-state index in [1.807, 2.05) is 31.2 Å². The highest BCUT2D eigenvalue weighted by Gasteiger charge is 2.09. The summed E-state index contributed by atoms with van der Waals surface area (Å²) in [6, 6.07) is 8.76. The van der Waals surface area contributed by atoms with E-state index in [9.17, 15) is 9.59 Å². The van der Waals surface area contributed by atoms with Crippen LogP contribution in [0.25, 0.3) is 0 Å². The zero-order valence-corrected chi connectivity index (χ0v) is 11.8. The van der Waals surface area contributed by atoms with Crippen LogP contribution in [0, 0.1) is 13.8 Å². The van der Waals surface area contributed by atoms with E-state index in [4.69, 9.17) is 9.15 Å². The number of hydrogen-bond donors (Lipinski definition) is 2. The van der Waals surface area contributed by atoms with Crippen LogP contribution >= 0.6 is 0 Å². The van der Waals surface area contributed by atoms with Gasteiger partial charge in [-0.25, -0.2) is 0 Å². The molecular weight excluding hydrogens is 272 g/mol. The lowest BCUT2D eigenvalue weighted by Crippen LogP contribution is -2.34. The molecule has 110 valence electrons. The summed E-state index contributed by atoms with van der Waals surface area (Å²) in [6.45, 7) is 3.29. The molecule has 1 heterocycles. The molecular formula is C15H16N2O4. The minimum Gasteiger partial charge on any atom is -0.476 e. The Balaban J connectivity index is 1.85. The van der Waals surface area contributed by atoms with E-state index < -0.39 is 5.91 Å². The van der Waals surface area contributed by atoms with Crippen molar-refractivity contribution in [1.82, 2.24) is 5.43 Å². The molecule has 0 spiro atoms. The average Bonchev–Trinajstić information content (AvgIpc) is 2.46. The molecule has 0 saturated carbocycles. The molecule has 1 aromatic heterocycles. The Bertz CT molecular complexity index is 677. The van der Waals surface area contributed by atoms with Crippen molar-refractivity contribution in [2.24, 2.45) is 0 Å². The van der Waals surface area contributed by atoms with Crippen molar-refractivity contribution in [3.05, 3.63) is 58.1 Å². The summed E-state index contributed by atoms with van der Waals surface area (Å²) in [5.74, 6) is -0.0250. The highest BCUT2D eigenvalue weighted by molar-refractivity contribution is 5.78. The van der Waals surface area contributed by atoms with Gasteiger partial charge in [0.2, 0.25) is 11.2 Å². The number of carbonyl (C=O) groups excluding carboxylic acids is 1. The number of hydrazine groups is 1. The van der Waals surface area contributed by atoms with E-state index >= 15 is 0 Å². The van der Waals surface area contributed by atoms with Crippen LogP contribution in [0.2, 0.25) is 0 Å². The Morgan fingerprint density at radius 1 is 1.19 bits per heavy atom. The molecule has 2 rings (SSSR count). The first-order chi connectivity index (χ1) is 10.1. The maximum atomic E-state index is 11.6. The lowest BCUT2D eigenvalue weighted by atomic mass is 10.2. The lowest BCUT2D eigenvalue weighted by Gasteiger charge is -2.10. The van der Waals surface area contributed by atoms with Gasteiger partial charge < -0.3 is 9.15 Å². The predicted octanol–water partition coefficient (Wildman–Crippen LogP) is 1.78. The van der Waals surface area contributed by atoms with Gasteiger partial charge in [0.25, 0.3) is 5.91 Å². The smallest absolute Gasteiger partial charge is 0.276 e. The number of rotatable bonds is 5. The summed E-state index contributed by atoms with van der Waals surface area (Å²) < 4.78 is 10.2. The van der Waals surface area contributed by atoms with E-state index in [-0.39, 0.29) is 17.8 Å². The predicted molar refractivity (Wildman–Crippen MR) is 78.2 cm³/mol. The molecule has 2 aromatic rings. The quantitative estimate of drug-likeness (QED) is 0.820. The first-order valence-corrected chi connectivity index (χ1v) is 6.39.